The van der Waals surface area contributed by atoms with Gasteiger partial charge >= 0.3 is 5.97 Å². The molecule has 2 heterocycles. The van der Waals surface area contributed by atoms with Crippen molar-refractivity contribution in [2.45, 2.75) is 48.5 Å². The number of aromatic nitrogens is 1. The van der Waals surface area contributed by atoms with Crippen LogP contribution < -0.4 is 5.32 Å². The number of carbonyl (C=O) groups is 2. The SMILES string of the molecule is CO[C@@](O)([C@H](O)CO)[C@@H]1OC(O)(C(=O)O)C(c2cc3ccccc3[nH]2)[C@@](O)(OC)[C@H]1NC(C)=O. The summed E-state index contributed by atoms with van der Waals surface area (Å²) in [5, 5.41) is 66.6. The number of rotatable bonds is 8. The number of nitrogens with one attached hydrogen (secondary N) is 2. The molecule has 0 spiro atoms. The summed E-state index contributed by atoms with van der Waals surface area (Å²) in [4.78, 5) is 27.3. The van der Waals surface area contributed by atoms with Gasteiger partial charge in [0.2, 0.25) is 17.5 Å². The summed E-state index contributed by atoms with van der Waals surface area (Å²) < 4.78 is 15.6. The van der Waals surface area contributed by atoms with Gasteiger partial charge in [-0.15, -0.1) is 0 Å². The molecule has 8 N–H and O–H groups in total. The average molecular weight is 484 g/mol. The van der Waals surface area contributed by atoms with Crippen LogP contribution in [0.15, 0.2) is 30.3 Å². The molecule has 0 saturated carbocycles. The minimum Gasteiger partial charge on any atom is -0.477 e. The molecule has 1 aromatic heterocycles. The van der Waals surface area contributed by atoms with E-state index in [0.717, 1.165) is 21.1 Å². The van der Waals surface area contributed by atoms with Crippen molar-refractivity contribution in [3.63, 3.8) is 0 Å². The number of amides is 1. The number of aromatic amines is 1. The van der Waals surface area contributed by atoms with Crippen LogP contribution in [0, 0.1) is 0 Å². The lowest BCUT2D eigenvalue weighted by atomic mass is 9.74. The normalized spacial score (nSPS) is 32.2. The number of ether oxygens (including phenoxy) is 3. The second-order valence-electron chi connectivity index (χ2n) is 8.07. The van der Waals surface area contributed by atoms with Crippen LogP contribution in [-0.4, -0.2) is 104 Å². The quantitative estimate of drug-likeness (QED) is 0.191. The highest BCUT2D eigenvalue weighted by Crippen LogP contribution is 2.49. The molecule has 1 aliphatic rings. The number of carbonyl (C=O) groups excluding carboxylic acids is 1. The Kier molecular flexibility index (Phi) is 7.04. The Labute approximate surface area is 193 Å². The number of para-hydroxylation sites is 1. The highest BCUT2D eigenvalue weighted by atomic mass is 16.7. The summed E-state index contributed by atoms with van der Waals surface area (Å²) in [6.07, 6.45) is -4.27. The fourth-order valence-electron chi connectivity index (χ4n) is 4.40. The smallest absolute Gasteiger partial charge is 0.365 e. The molecular weight excluding hydrogens is 456 g/mol. The number of aliphatic hydroxyl groups excluding tert-OH is 2. The first-order valence-electron chi connectivity index (χ1n) is 10.2. The third-order valence-corrected chi connectivity index (χ3v) is 6.10. The molecule has 1 fully saturated rings. The first-order chi connectivity index (χ1) is 15.9. The van der Waals surface area contributed by atoms with Crippen molar-refractivity contribution in [1.82, 2.24) is 10.3 Å². The molecule has 7 atom stereocenters. The number of methoxy groups -OCH3 is 2. The van der Waals surface area contributed by atoms with Crippen LogP contribution in [0.25, 0.3) is 10.9 Å². The van der Waals surface area contributed by atoms with Crippen LogP contribution in [0.5, 0.6) is 0 Å². The van der Waals surface area contributed by atoms with Crippen molar-refractivity contribution in [2.24, 2.45) is 0 Å². The number of carboxylic acid groups (broad SMARTS) is 1. The van der Waals surface area contributed by atoms with Gasteiger partial charge in [0.1, 0.15) is 24.2 Å². The second-order valence-corrected chi connectivity index (χ2v) is 8.07. The van der Waals surface area contributed by atoms with E-state index in [1.54, 1.807) is 24.3 Å². The van der Waals surface area contributed by atoms with Gasteiger partial charge in [0.05, 0.1) is 6.61 Å². The third-order valence-electron chi connectivity index (χ3n) is 6.10. The van der Waals surface area contributed by atoms with E-state index in [1.807, 2.05) is 0 Å². The Morgan fingerprint density at radius 3 is 2.44 bits per heavy atom. The van der Waals surface area contributed by atoms with E-state index in [-0.39, 0.29) is 5.69 Å². The molecular formula is C21H28N2O11. The Bertz CT molecular complexity index is 1030. The molecule has 3 rings (SSSR count). The number of benzene rings is 1. The zero-order valence-electron chi connectivity index (χ0n) is 18.6. The van der Waals surface area contributed by atoms with E-state index in [2.05, 4.69) is 10.3 Å². The van der Waals surface area contributed by atoms with Crippen LogP contribution in [-0.2, 0) is 23.8 Å². The first-order valence-corrected chi connectivity index (χ1v) is 10.2. The average Bonchev–Trinajstić information content (AvgIpc) is 3.22. The van der Waals surface area contributed by atoms with Crippen LogP contribution in [0.1, 0.15) is 18.5 Å². The van der Waals surface area contributed by atoms with Gasteiger partial charge in [-0.1, -0.05) is 18.2 Å². The van der Waals surface area contributed by atoms with Crippen molar-refractivity contribution in [2.75, 3.05) is 20.8 Å². The van der Waals surface area contributed by atoms with Gasteiger partial charge in [-0.25, -0.2) is 4.79 Å². The van der Waals surface area contributed by atoms with E-state index < -0.39 is 60.0 Å². The van der Waals surface area contributed by atoms with Crippen molar-refractivity contribution < 1.29 is 54.4 Å². The monoisotopic (exact) mass is 484 g/mol. The summed E-state index contributed by atoms with van der Waals surface area (Å²) in [7, 11) is 1.89. The maximum atomic E-state index is 12.3. The van der Waals surface area contributed by atoms with Crippen molar-refractivity contribution in [3.05, 3.63) is 36.0 Å². The van der Waals surface area contributed by atoms with Crippen LogP contribution in [0.2, 0.25) is 0 Å². The number of fused-ring (bicyclic) bond motifs is 1. The van der Waals surface area contributed by atoms with Crippen molar-refractivity contribution in [3.8, 4) is 0 Å². The number of aliphatic carboxylic acids is 1. The highest BCUT2D eigenvalue weighted by molar-refractivity contribution is 5.82. The molecule has 34 heavy (non-hydrogen) atoms. The molecule has 1 amide bonds. The first kappa shape index (κ1) is 26.0. The standard InChI is InChI=1S/C21H28N2O11/c1-10(25)22-16-17(19(29,32-2)14(26)9-24)34-21(31,18(27)28)15(20(16,30)33-3)13-8-11-6-4-5-7-12(11)23-13/h4-8,14-17,23-24,26,29-31H,9H2,1-3H3,(H,22,25)(H,27,28)/t14-,15?,16+,17-,19+,20-,21?/m1/s1. The number of hydrogen-bond acceptors (Lipinski definition) is 10. The highest BCUT2D eigenvalue weighted by Gasteiger charge is 2.71. The minimum atomic E-state index is -3.28. The second kappa shape index (κ2) is 9.20. The van der Waals surface area contributed by atoms with Gasteiger partial charge in [0, 0.05) is 32.4 Å². The van der Waals surface area contributed by atoms with Gasteiger partial charge < -0.3 is 55.2 Å². The Morgan fingerprint density at radius 1 is 1.29 bits per heavy atom. The summed E-state index contributed by atoms with van der Waals surface area (Å²) in [6, 6.07) is 6.42. The summed E-state index contributed by atoms with van der Waals surface area (Å²) in [5.41, 5.74) is 0.499. The zero-order valence-corrected chi connectivity index (χ0v) is 18.6. The van der Waals surface area contributed by atoms with E-state index in [4.69, 9.17) is 14.2 Å². The number of aliphatic hydroxyl groups is 5. The lowest BCUT2D eigenvalue weighted by molar-refractivity contribution is -0.410. The maximum absolute atomic E-state index is 12.3. The Morgan fingerprint density at radius 2 is 1.94 bits per heavy atom. The molecule has 0 bridgehead atoms. The van der Waals surface area contributed by atoms with E-state index >= 15 is 0 Å². The van der Waals surface area contributed by atoms with Crippen LogP contribution >= 0.6 is 0 Å². The Balaban J connectivity index is 2.30. The lowest BCUT2D eigenvalue weighted by Crippen LogP contribution is -2.79. The molecule has 13 nitrogen and oxygen atoms in total. The topological polar surface area (TPSA) is 211 Å². The van der Waals surface area contributed by atoms with Crippen LogP contribution in [0.4, 0.5) is 0 Å². The van der Waals surface area contributed by atoms with Crippen molar-refractivity contribution in [1.29, 1.82) is 0 Å². The van der Waals surface area contributed by atoms with E-state index in [0.29, 0.717) is 10.9 Å². The maximum Gasteiger partial charge on any atom is 0.365 e. The number of hydrogen-bond donors (Lipinski definition) is 8. The lowest BCUT2D eigenvalue weighted by Gasteiger charge is -2.56. The predicted octanol–water partition coefficient (Wildman–Crippen LogP) is -2.05. The molecule has 2 unspecified atom stereocenters. The molecule has 0 aliphatic carbocycles. The fraction of sp³-hybridized carbons (Fsp3) is 0.524. The van der Waals surface area contributed by atoms with Gasteiger partial charge in [-0.2, -0.15) is 0 Å². The fourth-order valence-corrected chi connectivity index (χ4v) is 4.40. The molecule has 188 valence electrons. The number of H-pyrrole nitrogens is 1. The molecule has 1 aromatic carbocycles. The number of carboxylic acids is 1. The van der Waals surface area contributed by atoms with Crippen LogP contribution in [0.3, 0.4) is 0 Å². The summed E-state index contributed by atoms with van der Waals surface area (Å²) in [6.45, 7) is -0.0171. The summed E-state index contributed by atoms with van der Waals surface area (Å²) in [5.74, 6) is -13.6. The Hall–Kier alpha value is -2.62. The molecule has 1 aliphatic heterocycles. The molecule has 0 radical (unpaired) electrons. The van der Waals surface area contributed by atoms with E-state index in [1.165, 1.54) is 6.07 Å². The predicted molar refractivity (Wildman–Crippen MR) is 113 cm³/mol. The third kappa shape index (κ3) is 3.95. The van der Waals surface area contributed by atoms with Gasteiger partial charge in [-0.05, 0) is 17.5 Å². The van der Waals surface area contributed by atoms with Gasteiger partial charge in [0.25, 0.3) is 5.79 Å². The minimum absolute atomic E-state index is 0.0343. The van der Waals surface area contributed by atoms with Crippen molar-refractivity contribution >= 4 is 22.8 Å². The molecule has 13 heteroatoms. The van der Waals surface area contributed by atoms with Gasteiger partial charge in [-0.3, -0.25) is 4.79 Å². The van der Waals surface area contributed by atoms with Gasteiger partial charge in [0.15, 0.2) is 0 Å². The molecule has 2 aromatic rings. The largest absolute Gasteiger partial charge is 0.477 e. The zero-order chi connectivity index (χ0) is 25.5. The molecule has 1 saturated heterocycles. The summed E-state index contributed by atoms with van der Waals surface area (Å²) >= 11 is 0. The van der Waals surface area contributed by atoms with E-state index in [9.17, 15) is 40.2 Å².